The molecule has 0 spiro atoms. The van der Waals surface area contributed by atoms with E-state index in [1.165, 1.54) is 11.3 Å². The molecule has 0 saturated carbocycles. The number of aliphatic hydroxyl groups is 1. The first kappa shape index (κ1) is 16.7. The maximum Gasteiger partial charge on any atom is 0.267 e. The van der Waals surface area contributed by atoms with Crippen LogP contribution in [0.25, 0.3) is 0 Å². The number of rotatable bonds is 6. The predicted molar refractivity (Wildman–Crippen MR) is 83.2 cm³/mol. The van der Waals surface area contributed by atoms with Crippen LogP contribution in [0.5, 0.6) is 0 Å². The topological polar surface area (TPSA) is 91.5 Å². The number of aliphatic hydroxyl groups excluding tert-OH is 1. The molecule has 1 heterocycles. The first-order valence-corrected chi connectivity index (χ1v) is 7.54. The molecule has 0 aliphatic rings. The summed E-state index contributed by atoms with van der Waals surface area (Å²) in [6, 6.07) is 0. The molecule has 114 valence electrons. The highest BCUT2D eigenvalue weighted by atomic mass is 32.1. The summed E-state index contributed by atoms with van der Waals surface area (Å²) in [5.74, 6) is 0.132. The highest BCUT2D eigenvalue weighted by molar-refractivity contribution is 7.18. The fourth-order valence-electron chi connectivity index (χ4n) is 1.67. The molecule has 7 heteroatoms. The number of amides is 1. The summed E-state index contributed by atoms with van der Waals surface area (Å²) in [6.45, 7) is 9.13. The van der Waals surface area contributed by atoms with Crippen molar-refractivity contribution < 1.29 is 9.90 Å². The number of anilines is 2. The van der Waals surface area contributed by atoms with Crippen molar-refractivity contribution in [2.75, 3.05) is 30.7 Å². The Morgan fingerprint density at radius 3 is 2.65 bits per heavy atom. The van der Waals surface area contributed by atoms with E-state index in [2.05, 4.69) is 10.3 Å². The fraction of sp³-hybridized carbons (Fsp3) is 0.692. The van der Waals surface area contributed by atoms with E-state index >= 15 is 0 Å². The Labute approximate surface area is 124 Å². The number of nitrogens with zero attached hydrogens (tertiary/aromatic N) is 2. The van der Waals surface area contributed by atoms with Crippen LogP contribution in [0.2, 0.25) is 0 Å². The van der Waals surface area contributed by atoms with Crippen LogP contribution in [0.4, 0.5) is 10.9 Å². The van der Waals surface area contributed by atoms with Crippen molar-refractivity contribution in [3.8, 4) is 0 Å². The summed E-state index contributed by atoms with van der Waals surface area (Å²) in [4.78, 5) is 18.7. The normalized spacial score (nSPS) is 11.4. The molecule has 6 nitrogen and oxygen atoms in total. The Morgan fingerprint density at radius 2 is 2.15 bits per heavy atom. The smallest absolute Gasteiger partial charge is 0.267 e. The van der Waals surface area contributed by atoms with Gasteiger partial charge in [-0.3, -0.25) is 4.79 Å². The van der Waals surface area contributed by atoms with Crippen molar-refractivity contribution in [3.63, 3.8) is 0 Å². The number of thiazole rings is 1. The molecule has 0 aliphatic carbocycles. The quantitative estimate of drug-likeness (QED) is 0.745. The molecular formula is C13H24N4O2S. The second kappa shape index (κ2) is 6.90. The van der Waals surface area contributed by atoms with Gasteiger partial charge >= 0.3 is 0 Å². The molecule has 1 amide bonds. The molecule has 0 unspecified atom stereocenters. The van der Waals surface area contributed by atoms with Crippen molar-refractivity contribution in [1.82, 2.24) is 9.88 Å². The summed E-state index contributed by atoms with van der Waals surface area (Å²) in [7, 11) is 0. The van der Waals surface area contributed by atoms with Crippen molar-refractivity contribution in [2.24, 2.45) is 0 Å². The zero-order valence-electron chi connectivity index (χ0n) is 12.6. The minimum Gasteiger partial charge on any atom is -0.396 e. The SMILES string of the molecule is CCN(CCCO)C(=O)c1sc(NC(C)(C)C)nc1N. The van der Waals surface area contributed by atoms with Gasteiger partial charge in [0.25, 0.3) is 5.91 Å². The molecule has 0 radical (unpaired) electrons. The number of nitrogen functional groups attached to an aromatic ring is 1. The third kappa shape index (κ3) is 4.64. The third-order valence-corrected chi connectivity index (χ3v) is 3.56. The summed E-state index contributed by atoms with van der Waals surface area (Å²) in [5.41, 5.74) is 5.71. The Kier molecular flexibility index (Phi) is 5.76. The van der Waals surface area contributed by atoms with Crippen LogP contribution in [-0.4, -0.2) is 46.1 Å². The van der Waals surface area contributed by atoms with Gasteiger partial charge in [0.2, 0.25) is 0 Å². The van der Waals surface area contributed by atoms with E-state index in [0.717, 1.165) is 0 Å². The molecule has 0 fully saturated rings. The Bertz CT molecular complexity index is 454. The second-order valence-electron chi connectivity index (χ2n) is 5.57. The molecule has 0 aliphatic heterocycles. The van der Waals surface area contributed by atoms with E-state index < -0.39 is 0 Å². The molecule has 0 atom stereocenters. The highest BCUT2D eigenvalue weighted by Crippen LogP contribution is 2.28. The Morgan fingerprint density at radius 1 is 1.50 bits per heavy atom. The summed E-state index contributed by atoms with van der Waals surface area (Å²) in [6.07, 6.45) is 0.561. The molecule has 20 heavy (non-hydrogen) atoms. The van der Waals surface area contributed by atoms with Crippen LogP contribution in [0.15, 0.2) is 0 Å². The number of hydrogen-bond donors (Lipinski definition) is 3. The third-order valence-electron chi connectivity index (χ3n) is 2.58. The van der Waals surface area contributed by atoms with E-state index in [4.69, 9.17) is 10.8 Å². The van der Waals surface area contributed by atoms with Gasteiger partial charge in [-0.2, -0.15) is 0 Å². The Hall–Kier alpha value is -1.34. The average molecular weight is 300 g/mol. The van der Waals surface area contributed by atoms with Gasteiger partial charge in [0.05, 0.1) is 0 Å². The highest BCUT2D eigenvalue weighted by Gasteiger charge is 2.22. The molecular weight excluding hydrogens is 276 g/mol. The molecule has 1 aromatic heterocycles. The standard InChI is InChI=1S/C13H24N4O2S/c1-5-17(7-6-8-18)11(19)9-10(14)15-12(20-9)16-13(2,3)4/h18H,5-8,14H2,1-4H3,(H,15,16). The maximum atomic E-state index is 12.4. The van der Waals surface area contributed by atoms with Crippen molar-refractivity contribution >= 4 is 28.2 Å². The number of nitrogens with two attached hydrogens (primary N) is 1. The lowest BCUT2D eigenvalue weighted by molar-refractivity contribution is 0.0760. The van der Waals surface area contributed by atoms with Gasteiger partial charge in [0, 0.05) is 25.2 Å². The van der Waals surface area contributed by atoms with Crippen molar-refractivity contribution in [1.29, 1.82) is 0 Å². The number of aromatic nitrogens is 1. The van der Waals surface area contributed by atoms with Gasteiger partial charge in [-0.15, -0.1) is 0 Å². The number of carbonyl (C=O) groups is 1. The zero-order chi connectivity index (χ0) is 15.3. The van der Waals surface area contributed by atoms with Crippen LogP contribution >= 0.6 is 11.3 Å². The van der Waals surface area contributed by atoms with Crippen LogP contribution in [0.3, 0.4) is 0 Å². The number of carbonyl (C=O) groups excluding carboxylic acids is 1. The first-order valence-electron chi connectivity index (χ1n) is 6.73. The second-order valence-corrected chi connectivity index (χ2v) is 6.57. The molecule has 0 aromatic carbocycles. The first-order chi connectivity index (χ1) is 9.28. The van der Waals surface area contributed by atoms with Gasteiger partial charge < -0.3 is 21.1 Å². The largest absolute Gasteiger partial charge is 0.396 e. The van der Waals surface area contributed by atoms with E-state index in [1.807, 2.05) is 27.7 Å². The molecule has 0 bridgehead atoms. The van der Waals surface area contributed by atoms with E-state index in [-0.39, 0.29) is 23.9 Å². The maximum absolute atomic E-state index is 12.4. The van der Waals surface area contributed by atoms with Gasteiger partial charge in [0.1, 0.15) is 10.7 Å². The van der Waals surface area contributed by atoms with Gasteiger partial charge in [-0.05, 0) is 34.1 Å². The lowest BCUT2D eigenvalue weighted by Gasteiger charge is -2.20. The van der Waals surface area contributed by atoms with Crippen LogP contribution in [0, 0.1) is 0 Å². The van der Waals surface area contributed by atoms with Gasteiger partial charge in [-0.25, -0.2) is 4.98 Å². The van der Waals surface area contributed by atoms with E-state index in [1.54, 1.807) is 4.90 Å². The van der Waals surface area contributed by atoms with E-state index in [0.29, 0.717) is 29.5 Å². The van der Waals surface area contributed by atoms with Crippen molar-refractivity contribution in [2.45, 2.75) is 39.7 Å². The summed E-state index contributed by atoms with van der Waals surface area (Å²) < 4.78 is 0. The minimum absolute atomic E-state index is 0.0682. The Balaban J connectivity index is 2.87. The lowest BCUT2D eigenvalue weighted by Crippen LogP contribution is -2.32. The van der Waals surface area contributed by atoms with Crippen LogP contribution < -0.4 is 11.1 Å². The molecule has 0 saturated heterocycles. The van der Waals surface area contributed by atoms with Gasteiger partial charge in [-0.1, -0.05) is 11.3 Å². The fourth-order valence-corrected chi connectivity index (χ4v) is 2.73. The molecule has 4 N–H and O–H groups in total. The summed E-state index contributed by atoms with van der Waals surface area (Å²) in [5, 5.41) is 12.7. The minimum atomic E-state index is -0.133. The average Bonchev–Trinajstić information content (AvgIpc) is 2.68. The molecule has 1 rings (SSSR count). The van der Waals surface area contributed by atoms with Gasteiger partial charge in [0.15, 0.2) is 5.13 Å². The molecule has 1 aromatic rings. The van der Waals surface area contributed by atoms with Crippen LogP contribution in [0.1, 0.15) is 43.8 Å². The number of hydrogen-bond acceptors (Lipinski definition) is 6. The summed E-state index contributed by atoms with van der Waals surface area (Å²) >= 11 is 1.27. The number of nitrogens with one attached hydrogen (secondary N) is 1. The monoisotopic (exact) mass is 300 g/mol. The van der Waals surface area contributed by atoms with E-state index in [9.17, 15) is 4.79 Å². The van der Waals surface area contributed by atoms with Crippen molar-refractivity contribution in [3.05, 3.63) is 4.88 Å². The van der Waals surface area contributed by atoms with Crippen LogP contribution in [-0.2, 0) is 0 Å². The lowest BCUT2D eigenvalue weighted by atomic mass is 10.1. The zero-order valence-corrected chi connectivity index (χ0v) is 13.4. The predicted octanol–water partition coefficient (Wildman–Crippen LogP) is 1.78.